The largest absolute Gasteiger partial charge is 0.497 e. The molecule has 1 amide bonds. The predicted octanol–water partition coefficient (Wildman–Crippen LogP) is 4.27. The molecule has 0 aliphatic carbocycles. The molecule has 0 bridgehead atoms. The van der Waals surface area contributed by atoms with Crippen molar-refractivity contribution in [2.75, 3.05) is 18.6 Å². The van der Waals surface area contributed by atoms with Crippen LogP contribution in [-0.2, 0) is 14.3 Å². The van der Waals surface area contributed by atoms with Crippen LogP contribution in [0.1, 0.15) is 25.0 Å². The molecule has 28 heavy (non-hydrogen) atoms. The van der Waals surface area contributed by atoms with Gasteiger partial charge in [0.2, 0.25) is 0 Å². The molecule has 1 aliphatic rings. The highest BCUT2D eigenvalue weighted by atomic mass is 16.5. The number of anilines is 1. The predicted molar refractivity (Wildman–Crippen MR) is 109 cm³/mol. The molecule has 0 saturated carbocycles. The SMILES string of the molecule is CCOC(=O)C1=C(C)N(c2ccc(C)cc2)C(=O)/C1=C/c1cccc(OC)c1. The van der Waals surface area contributed by atoms with Crippen molar-refractivity contribution in [2.45, 2.75) is 20.8 Å². The highest BCUT2D eigenvalue weighted by molar-refractivity contribution is 6.23. The summed E-state index contributed by atoms with van der Waals surface area (Å²) >= 11 is 0. The Bertz CT molecular complexity index is 970. The van der Waals surface area contributed by atoms with Gasteiger partial charge in [0.15, 0.2) is 0 Å². The molecule has 0 aromatic heterocycles. The summed E-state index contributed by atoms with van der Waals surface area (Å²) < 4.78 is 10.5. The molecule has 2 aromatic carbocycles. The third kappa shape index (κ3) is 3.69. The number of allylic oxidation sites excluding steroid dienone is 1. The molecule has 0 atom stereocenters. The summed E-state index contributed by atoms with van der Waals surface area (Å²) in [6.45, 7) is 5.72. The van der Waals surface area contributed by atoms with Gasteiger partial charge in [0.25, 0.3) is 5.91 Å². The zero-order valence-corrected chi connectivity index (χ0v) is 16.5. The van der Waals surface area contributed by atoms with E-state index in [2.05, 4.69) is 0 Å². The quantitative estimate of drug-likeness (QED) is 0.577. The second kappa shape index (κ2) is 8.13. The average Bonchev–Trinajstić information content (AvgIpc) is 2.93. The van der Waals surface area contributed by atoms with Gasteiger partial charge in [-0.15, -0.1) is 0 Å². The van der Waals surface area contributed by atoms with Crippen molar-refractivity contribution in [3.05, 3.63) is 76.5 Å². The maximum absolute atomic E-state index is 13.3. The zero-order chi connectivity index (χ0) is 20.3. The van der Waals surface area contributed by atoms with Crippen LogP contribution in [0.15, 0.2) is 65.4 Å². The fraction of sp³-hybridized carbons (Fsp3) is 0.217. The minimum Gasteiger partial charge on any atom is -0.497 e. The summed E-state index contributed by atoms with van der Waals surface area (Å²) in [7, 11) is 1.58. The van der Waals surface area contributed by atoms with Crippen molar-refractivity contribution in [1.29, 1.82) is 0 Å². The summed E-state index contributed by atoms with van der Waals surface area (Å²) in [5, 5.41) is 0. The Morgan fingerprint density at radius 2 is 1.82 bits per heavy atom. The van der Waals surface area contributed by atoms with Crippen LogP contribution in [0.3, 0.4) is 0 Å². The number of esters is 1. The Labute approximate surface area is 164 Å². The van der Waals surface area contributed by atoms with Gasteiger partial charge in [-0.1, -0.05) is 29.8 Å². The maximum atomic E-state index is 13.3. The van der Waals surface area contributed by atoms with Crippen LogP contribution < -0.4 is 9.64 Å². The molecular weight excluding hydrogens is 354 g/mol. The monoisotopic (exact) mass is 377 g/mol. The van der Waals surface area contributed by atoms with Gasteiger partial charge >= 0.3 is 5.97 Å². The number of hydrogen-bond acceptors (Lipinski definition) is 4. The third-order valence-corrected chi connectivity index (χ3v) is 4.58. The summed E-state index contributed by atoms with van der Waals surface area (Å²) in [4.78, 5) is 27.4. The van der Waals surface area contributed by atoms with Crippen molar-refractivity contribution < 1.29 is 19.1 Å². The van der Waals surface area contributed by atoms with Gasteiger partial charge in [0.1, 0.15) is 5.75 Å². The van der Waals surface area contributed by atoms with Crippen molar-refractivity contribution >= 4 is 23.6 Å². The van der Waals surface area contributed by atoms with Gasteiger partial charge < -0.3 is 9.47 Å². The first kappa shape index (κ1) is 19.4. The number of amides is 1. The highest BCUT2D eigenvalue weighted by Gasteiger charge is 2.38. The second-order valence-electron chi connectivity index (χ2n) is 6.49. The van der Waals surface area contributed by atoms with Gasteiger partial charge in [-0.3, -0.25) is 9.69 Å². The Morgan fingerprint density at radius 1 is 1.11 bits per heavy atom. The number of benzene rings is 2. The number of methoxy groups -OCH3 is 1. The van der Waals surface area contributed by atoms with Crippen LogP contribution in [0.5, 0.6) is 5.75 Å². The van der Waals surface area contributed by atoms with Gasteiger partial charge in [-0.05, 0) is 56.7 Å². The fourth-order valence-electron chi connectivity index (χ4n) is 3.18. The van der Waals surface area contributed by atoms with E-state index in [4.69, 9.17) is 9.47 Å². The van der Waals surface area contributed by atoms with E-state index in [0.717, 1.165) is 11.1 Å². The summed E-state index contributed by atoms with van der Waals surface area (Å²) in [5.74, 6) is -0.0853. The van der Waals surface area contributed by atoms with Crippen LogP contribution in [-0.4, -0.2) is 25.6 Å². The normalized spacial score (nSPS) is 15.4. The van der Waals surface area contributed by atoms with Crippen LogP contribution in [0.2, 0.25) is 0 Å². The number of nitrogens with zero attached hydrogens (tertiary/aromatic N) is 1. The van der Waals surface area contributed by atoms with Crippen LogP contribution >= 0.6 is 0 Å². The molecule has 0 spiro atoms. The molecule has 144 valence electrons. The van der Waals surface area contributed by atoms with Gasteiger partial charge in [0.05, 0.1) is 24.9 Å². The van der Waals surface area contributed by atoms with E-state index in [-0.39, 0.29) is 18.1 Å². The molecule has 0 radical (unpaired) electrons. The van der Waals surface area contributed by atoms with Crippen LogP contribution in [0.25, 0.3) is 6.08 Å². The lowest BCUT2D eigenvalue weighted by Crippen LogP contribution is -2.24. The number of carbonyl (C=O) groups excluding carboxylic acids is 2. The number of aryl methyl sites for hydroxylation is 1. The Morgan fingerprint density at radius 3 is 2.46 bits per heavy atom. The third-order valence-electron chi connectivity index (χ3n) is 4.58. The lowest BCUT2D eigenvalue weighted by Gasteiger charge is -2.18. The van der Waals surface area contributed by atoms with Gasteiger partial charge in [-0.25, -0.2) is 4.79 Å². The van der Waals surface area contributed by atoms with Gasteiger partial charge in [-0.2, -0.15) is 0 Å². The number of ether oxygens (including phenoxy) is 2. The first-order valence-corrected chi connectivity index (χ1v) is 9.11. The van der Waals surface area contributed by atoms with Crippen molar-refractivity contribution in [1.82, 2.24) is 0 Å². The van der Waals surface area contributed by atoms with E-state index in [1.54, 1.807) is 31.9 Å². The first-order chi connectivity index (χ1) is 13.5. The van der Waals surface area contributed by atoms with Crippen LogP contribution in [0.4, 0.5) is 5.69 Å². The zero-order valence-electron chi connectivity index (χ0n) is 16.5. The topological polar surface area (TPSA) is 55.8 Å². The molecule has 5 heteroatoms. The van der Waals surface area contributed by atoms with E-state index in [1.165, 1.54) is 0 Å². The average molecular weight is 377 g/mol. The van der Waals surface area contributed by atoms with Crippen molar-refractivity contribution in [3.63, 3.8) is 0 Å². The Hall–Kier alpha value is -3.34. The molecule has 0 unspecified atom stereocenters. The molecular formula is C23H23NO4. The summed E-state index contributed by atoms with van der Waals surface area (Å²) in [6.07, 6.45) is 1.70. The number of carbonyl (C=O) groups is 2. The molecule has 1 aliphatic heterocycles. The molecule has 3 rings (SSSR count). The number of hydrogen-bond donors (Lipinski definition) is 0. The lowest BCUT2D eigenvalue weighted by atomic mass is 10.0. The van der Waals surface area contributed by atoms with E-state index < -0.39 is 5.97 Å². The van der Waals surface area contributed by atoms with E-state index >= 15 is 0 Å². The standard InChI is InChI=1S/C23H23NO4/c1-5-28-23(26)21-16(3)24(18-11-9-15(2)10-12-18)22(25)20(21)14-17-7-6-8-19(13-17)27-4/h6-14H,5H2,1-4H3/b20-14+. The van der Waals surface area contributed by atoms with Crippen LogP contribution in [0, 0.1) is 6.92 Å². The van der Waals surface area contributed by atoms with E-state index in [9.17, 15) is 9.59 Å². The summed E-state index contributed by atoms with van der Waals surface area (Å²) in [6, 6.07) is 14.9. The Kier molecular flexibility index (Phi) is 5.64. The molecule has 0 saturated heterocycles. The lowest BCUT2D eigenvalue weighted by molar-refractivity contribution is -0.138. The highest BCUT2D eigenvalue weighted by Crippen LogP contribution is 2.35. The minimum absolute atomic E-state index is 0.237. The minimum atomic E-state index is -0.503. The van der Waals surface area contributed by atoms with E-state index in [0.29, 0.717) is 22.7 Å². The molecule has 0 N–H and O–H groups in total. The first-order valence-electron chi connectivity index (χ1n) is 9.11. The number of rotatable bonds is 5. The fourth-order valence-corrected chi connectivity index (χ4v) is 3.18. The van der Waals surface area contributed by atoms with E-state index in [1.807, 2.05) is 55.5 Å². The maximum Gasteiger partial charge on any atom is 0.340 e. The molecule has 2 aromatic rings. The molecule has 5 nitrogen and oxygen atoms in total. The second-order valence-corrected chi connectivity index (χ2v) is 6.49. The Balaban J connectivity index is 2.11. The van der Waals surface area contributed by atoms with Gasteiger partial charge in [0, 0.05) is 11.4 Å². The smallest absolute Gasteiger partial charge is 0.340 e. The van der Waals surface area contributed by atoms with Crippen molar-refractivity contribution in [3.8, 4) is 5.75 Å². The van der Waals surface area contributed by atoms with Crippen molar-refractivity contribution in [2.24, 2.45) is 0 Å². The molecule has 1 heterocycles. The summed E-state index contributed by atoms with van der Waals surface area (Å²) in [5.41, 5.74) is 3.73. The molecule has 0 fully saturated rings.